The van der Waals surface area contributed by atoms with Gasteiger partial charge in [0.2, 0.25) is 5.91 Å². The highest BCUT2D eigenvalue weighted by Gasteiger charge is 2.40. The molecule has 6 nitrogen and oxygen atoms in total. The van der Waals surface area contributed by atoms with Gasteiger partial charge in [0, 0.05) is 11.3 Å². The molecule has 1 aliphatic rings. The van der Waals surface area contributed by atoms with E-state index in [1.54, 1.807) is 60.7 Å². The van der Waals surface area contributed by atoms with Crippen molar-refractivity contribution in [2.45, 2.75) is 19.4 Å². The van der Waals surface area contributed by atoms with Crippen molar-refractivity contribution in [3.05, 3.63) is 90.0 Å². The zero-order valence-corrected chi connectivity index (χ0v) is 16.4. The lowest BCUT2D eigenvalue weighted by molar-refractivity contribution is -0.138. The Balaban J connectivity index is 1.66. The summed E-state index contributed by atoms with van der Waals surface area (Å²) in [4.78, 5) is 40.1. The minimum atomic E-state index is -1.07. The first-order valence-electron chi connectivity index (χ1n) is 9.59. The Morgan fingerprint density at radius 1 is 0.933 bits per heavy atom. The van der Waals surface area contributed by atoms with E-state index >= 15 is 0 Å². The van der Waals surface area contributed by atoms with Crippen LogP contribution < -0.4 is 15.0 Å². The first-order valence-corrected chi connectivity index (χ1v) is 9.59. The number of fused-ring (bicyclic) bond motifs is 1. The number of hydrogen-bond acceptors (Lipinski definition) is 4. The lowest BCUT2D eigenvalue weighted by Crippen LogP contribution is -2.51. The number of nitrogens with zero attached hydrogens (tertiary/aromatic N) is 1. The summed E-state index contributed by atoms with van der Waals surface area (Å²) in [6.07, 6.45) is -0.223. The second-order valence-electron chi connectivity index (χ2n) is 7.06. The Morgan fingerprint density at radius 2 is 1.60 bits per heavy atom. The summed E-state index contributed by atoms with van der Waals surface area (Å²) in [5, 5.41) is 2.76. The van der Waals surface area contributed by atoms with E-state index in [2.05, 4.69) is 5.32 Å². The number of hydrogen-bond donors (Lipinski definition) is 1. The maximum atomic E-state index is 13.4. The number of benzene rings is 3. The van der Waals surface area contributed by atoms with Gasteiger partial charge in [-0.25, -0.2) is 4.79 Å². The normalized spacial score (nSPS) is 15.2. The van der Waals surface area contributed by atoms with Gasteiger partial charge in [-0.15, -0.1) is 0 Å². The van der Waals surface area contributed by atoms with E-state index in [0.29, 0.717) is 22.7 Å². The maximum absolute atomic E-state index is 13.4. The molecule has 0 saturated carbocycles. The Hall–Kier alpha value is -3.93. The summed E-state index contributed by atoms with van der Waals surface area (Å²) in [7, 11) is 0. The molecule has 0 fully saturated rings. The van der Waals surface area contributed by atoms with Crippen LogP contribution in [0.4, 0.5) is 11.4 Å². The van der Waals surface area contributed by atoms with Crippen molar-refractivity contribution >= 4 is 29.2 Å². The molecule has 2 amide bonds. The number of carbonyl (C=O) groups is 3. The van der Waals surface area contributed by atoms with Gasteiger partial charge < -0.3 is 10.1 Å². The molecule has 1 unspecified atom stereocenters. The van der Waals surface area contributed by atoms with Gasteiger partial charge in [-0.05, 0) is 43.3 Å². The minimum Gasteiger partial charge on any atom is -0.423 e. The number of esters is 1. The fourth-order valence-electron chi connectivity index (χ4n) is 3.36. The van der Waals surface area contributed by atoms with Crippen molar-refractivity contribution in [3.8, 4) is 5.75 Å². The third kappa shape index (κ3) is 3.93. The average molecular weight is 400 g/mol. The molecule has 1 N–H and O–H groups in total. The van der Waals surface area contributed by atoms with Crippen LogP contribution in [0.15, 0.2) is 78.9 Å². The van der Waals surface area contributed by atoms with Crippen molar-refractivity contribution in [2.24, 2.45) is 0 Å². The summed E-state index contributed by atoms with van der Waals surface area (Å²) in [5.74, 6) is -1.10. The minimum absolute atomic E-state index is 0.223. The molecule has 1 aliphatic heterocycles. The highest BCUT2D eigenvalue weighted by Crippen LogP contribution is 2.36. The summed E-state index contributed by atoms with van der Waals surface area (Å²) < 4.78 is 5.42. The molecule has 4 rings (SSSR count). The Morgan fingerprint density at radius 3 is 2.33 bits per heavy atom. The SMILES string of the molecule is Cc1ccc(C(=O)N2c3ccccc3OC(=O)C2CC(=O)Nc2ccccc2)cc1. The molecule has 0 aromatic heterocycles. The largest absolute Gasteiger partial charge is 0.423 e. The first-order chi connectivity index (χ1) is 14.5. The van der Waals surface area contributed by atoms with Crippen molar-refractivity contribution in [3.63, 3.8) is 0 Å². The summed E-state index contributed by atoms with van der Waals surface area (Å²) >= 11 is 0. The number of rotatable bonds is 4. The van der Waals surface area contributed by atoms with Gasteiger partial charge in [-0.3, -0.25) is 14.5 Å². The third-order valence-corrected chi connectivity index (χ3v) is 4.87. The second-order valence-corrected chi connectivity index (χ2v) is 7.06. The molecule has 3 aromatic rings. The molecular formula is C24H20N2O4. The van der Waals surface area contributed by atoms with Crippen LogP contribution in [0.3, 0.4) is 0 Å². The van der Waals surface area contributed by atoms with Crippen LogP contribution in [-0.4, -0.2) is 23.8 Å². The molecule has 1 heterocycles. The number of amides is 2. The number of anilines is 2. The van der Waals surface area contributed by atoms with E-state index in [4.69, 9.17) is 4.74 Å². The van der Waals surface area contributed by atoms with Gasteiger partial charge in [0.1, 0.15) is 6.04 Å². The van der Waals surface area contributed by atoms with E-state index < -0.39 is 12.0 Å². The molecule has 1 atom stereocenters. The fourth-order valence-corrected chi connectivity index (χ4v) is 3.36. The molecule has 0 aliphatic carbocycles. The molecule has 0 saturated heterocycles. The Kier molecular flexibility index (Phi) is 5.30. The molecule has 6 heteroatoms. The van der Waals surface area contributed by atoms with Crippen LogP contribution in [0, 0.1) is 6.92 Å². The van der Waals surface area contributed by atoms with Crippen LogP contribution in [0.5, 0.6) is 5.75 Å². The number of ether oxygens (including phenoxy) is 1. The molecule has 0 bridgehead atoms. The monoisotopic (exact) mass is 400 g/mol. The lowest BCUT2D eigenvalue weighted by atomic mass is 10.0. The second kappa shape index (κ2) is 8.21. The summed E-state index contributed by atoms with van der Waals surface area (Å²) in [5.41, 5.74) is 2.52. The Labute approximate surface area is 174 Å². The topological polar surface area (TPSA) is 75.7 Å². The molecular weight excluding hydrogens is 380 g/mol. The first kappa shape index (κ1) is 19.4. The Bertz CT molecular complexity index is 1090. The highest BCUT2D eigenvalue weighted by atomic mass is 16.5. The molecule has 0 radical (unpaired) electrons. The van der Waals surface area contributed by atoms with Crippen molar-refractivity contribution in [2.75, 3.05) is 10.2 Å². The predicted octanol–water partition coefficient (Wildman–Crippen LogP) is 3.96. The van der Waals surface area contributed by atoms with Gasteiger partial charge in [0.25, 0.3) is 5.91 Å². The number of para-hydroxylation sites is 3. The van der Waals surface area contributed by atoms with Crippen LogP contribution in [-0.2, 0) is 9.59 Å². The van der Waals surface area contributed by atoms with Gasteiger partial charge in [-0.2, -0.15) is 0 Å². The number of nitrogens with one attached hydrogen (secondary N) is 1. The van der Waals surface area contributed by atoms with Gasteiger partial charge in [-0.1, -0.05) is 48.0 Å². The van der Waals surface area contributed by atoms with Crippen molar-refractivity contribution in [1.29, 1.82) is 0 Å². The van der Waals surface area contributed by atoms with Crippen LogP contribution in [0.1, 0.15) is 22.3 Å². The van der Waals surface area contributed by atoms with Gasteiger partial charge in [0.05, 0.1) is 12.1 Å². The fraction of sp³-hybridized carbons (Fsp3) is 0.125. The molecule has 150 valence electrons. The van der Waals surface area contributed by atoms with Crippen LogP contribution in [0.25, 0.3) is 0 Å². The van der Waals surface area contributed by atoms with E-state index in [1.807, 2.05) is 25.1 Å². The quantitative estimate of drug-likeness (QED) is 0.531. The van der Waals surface area contributed by atoms with Gasteiger partial charge >= 0.3 is 5.97 Å². The van der Waals surface area contributed by atoms with E-state index in [1.165, 1.54) is 4.90 Å². The van der Waals surface area contributed by atoms with E-state index in [0.717, 1.165) is 5.56 Å². The lowest BCUT2D eigenvalue weighted by Gasteiger charge is -2.35. The van der Waals surface area contributed by atoms with Crippen LogP contribution >= 0.6 is 0 Å². The summed E-state index contributed by atoms with van der Waals surface area (Å²) in [6.45, 7) is 1.93. The zero-order valence-electron chi connectivity index (χ0n) is 16.4. The smallest absolute Gasteiger partial charge is 0.335 e. The third-order valence-electron chi connectivity index (χ3n) is 4.87. The average Bonchev–Trinajstić information content (AvgIpc) is 2.75. The molecule has 3 aromatic carbocycles. The number of aryl methyl sites for hydroxylation is 1. The van der Waals surface area contributed by atoms with Gasteiger partial charge in [0.15, 0.2) is 5.75 Å². The van der Waals surface area contributed by atoms with Crippen molar-refractivity contribution in [1.82, 2.24) is 0 Å². The van der Waals surface area contributed by atoms with Crippen LogP contribution in [0.2, 0.25) is 0 Å². The zero-order chi connectivity index (χ0) is 21.1. The molecule has 30 heavy (non-hydrogen) atoms. The maximum Gasteiger partial charge on any atom is 0.335 e. The highest BCUT2D eigenvalue weighted by molar-refractivity contribution is 6.12. The van der Waals surface area contributed by atoms with Crippen molar-refractivity contribution < 1.29 is 19.1 Å². The standard InChI is InChI=1S/C24H20N2O4/c1-16-11-13-17(14-12-16)23(28)26-19-9-5-6-10-21(19)30-24(29)20(26)15-22(27)25-18-7-3-2-4-8-18/h2-14,20H,15H2,1H3,(H,25,27). The van der Waals surface area contributed by atoms with E-state index in [-0.39, 0.29) is 18.2 Å². The molecule has 0 spiro atoms. The number of carbonyl (C=O) groups excluding carboxylic acids is 3. The van der Waals surface area contributed by atoms with E-state index in [9.17, 15) is 14.4 Å². The summed E-state index contributed by atoms with van der Waals surface area (Å²) in [6, 6.07) is 21.8. The predicted molar refractivity (Wildman–Crippen MR) is 114 cm³/mol.